The monoisotopic (exact) mass is 328 g/mol. The Morgan fingerprint density at radius 2 is 1.91 bits per heavy atom. The van der Waals surface area contributed by atoms with Crippen molar-refractivity contribution in [2.45, 2.75) is 13.0 Å². The van der Waals surface area contributed by atoms with Crippen LogP contribution in [0.15, 0.2) is 54.7 Å². The Morgan fingerprint density at radius 3 is 2.74 bits per heavy atom. The summed E-state index contributed by atoms with van der Waals surface area (Å²) < 4.78 is 5.17. The minimum Gasteiger partial charge on any atom is -0.445 e. The number of halogens is 1. The number of H-pyrrole nitrogens is 1. The molecule has 0 bridgehead atoms. The summed E-state index contributed by atoms with van der Waals surface area (Å²) in [5.74, 6) is 0. The Bertz CT molecular complexity index is 796. The van der Waals surface area contributed by atoms with Crippen LogP contribution in [-0.4, -0.2) is 17.6 Å². The van der Waals surface area contributed by atoms with Gasteiger partial charge in [-0.25, -0.2) is 4.79 Å². The van der Waals surface area contributed by atoms with E-state index in [4.69, 9.17) is 16.3 Å². The fourth-order valence-corrected chi connectivity index (χ4v) is 2.54. The molecule has 2 N–H and O–H groups in total. The summed E-state index contributed by atoms with van der Waals surface area (Å²) in [4.78, 5) is 14.9. The van der Waals surface area contributed by atoms with Gasteiger partial charge in [0.05, 0.1) is 0 Å². The molecule has 1 heterocycles. The van der Waals surface area contributed by atoms with Crippen LogP contribution in [0.4, 0.5) is 4.79 Å². The van der Waals surface area contributed by atoms with Gasteiger partial charge in [-0.05, 0) is 35.7 Å². The predicted octanol–water partition coefficient (Wildman–Crippen LogP) is 4.29. The van der Waals surface area contributed by atoms with Gasteiger partial charge in [0.15, 0.2) is 0 Å². The molecule has 0 fully saturated rings. The molecule has 0 saturated carbocycles. The third-order valence-corrected chi connectivity index (χ3v) is 3.87. The largest absolute Gasteiger partial charge is 0.445 e. The van der Waals surface area contributed by atoms with E-state index in [1.54, 1.807) is 12.1 Å². The number of benzene rings is 2. The quantitative estimate of drug-likeness (QED) is 0.734. The maximum absolute atomic E-state index is 11.7. The van der Waals surface area contributed by atoms with Gasteiger partial charge in [-0.15, -0.1) is 0 Å². The first-order valence-corrected chi connectivity index (χ1v) is 7.80. The molecule has 1 aromatic heterocycles. The highest BCUT2D eigenvalue weighted by molar-refractivity contribution is 6.30. The summed E-state index contributed by atoms with van der Waals surface area (Å²) in [5, 5.41) is 4.61. The average molecular weight is 329 g/mol. The van der Waals surface area contributed by atoms with E-state index < -0.39 is 6.09 Å². The van der Waals surface area contributed by atoms with Crippen molar-refractivity contribution >= 4 is 28.6 Å². The molecule has 0 saturated heterocycles. The fourth-order valence-electron chi connectivity index (χ4n) is 2.42. The number of alkyl carbamates (subject to hydrolysis) is 1. The van der Waals surface area contributed by atoms with Gasteiger partial charge in [-0.3, -0.25) is 0 Å². The number of carbonyl (C=O) groups excluding carboxylic acids is 1. The lowest BCUT2D eigenvalue weighted by Crippen LogP contribution is -2.26. The van der Waals surface area contributed by atoms with Crippen LogP contribution in [0.1, 0.15) is 11.1 Å². The number of amides is 1. The van der Waals surface area contributed by atoms with Gasteiger partial charge >= 0.3 is 6.09 Å². The number of aromatic nitrogens is 1. The first-order chi connectivity index (χ1) is 11.2. The average Bonchev–Trinajstić information content (AvgIpc) is 2.98. The van der Waals surface area contributed by atoms with Crippen LogP contribution in [0.3, 0.4) is 0 Å². The maximum Gasteiger partial charge on any atom is 0.407 e. The van der Waals surface area contributed by atoms with Crippen molar-refractivity contribution in [2.75, 3.05) is 6.54 Å². The molecule has 0 aliphatic carbocycles. The van der Waals surface area contributed by atoms with E-state index in [2.05, 4.69) is 16.4 Å². The molecule has 5 heteroatoms. The number of para-hydroxylation sites is 1. The van der Waals surface area contributed by atoms with E-state index in [0.717, 1.165) is 17.5 Å². The Morgan fingerprint density at radius 1 is 1.13 bits per heavy atom. The molecule has 0 aliphatic rings. The van der Waals surface area contributed by atoms with E-state index >= 15 is 0 Å². The van der Waals surface area contributed by atoms with Crippen LogP contribution in [0.5, 0.6) is 0 Å². The van der Waals surface area contributed by atoms with Gasteiger partial charge in [0.2, 0.25) is 0 Å². The number of ether oxygens (including phenoxy) is 1. The van der Waals surface area contributed by atoms with Crippen LogP contribution < -0.4 is 5.32 Å². The Labute approximate surface area is 139 Å². The van der Waals surface area contributed by atoms with E-state index in [1.807, 2.05) is 36.5 Å². The SMILES string of the molecule is O=C(NCCc1c[nH]c2ccccc12)OCc1ccc(Cl)cc1. The first kappa shape index (κ1) is 15.4. The minimum atomic E-state index is -0.417. The second-order valence-electron chi connectivity index (χ2n) is 5.24. The van der Waals surface area contributed by atoms with E-state index in [9.17, 15) is 4.79 Å². The van der Waals surface area contributed by atoms with Crippen LogP contribution in [-0.2, 0) is 17.8 Å². The van der Waals surface area contributed by atoms with Crippen LogP contribution >= 0.6 is 11.6 Å². The Balaban J connectivity index is 1.45. The lowest BCUT2D eigenvalue weighted by molar-refractivity contribution is 0.140. The van der Waals surface area contributed by atoms with Gasteiger partial charge in [0.1, 0.15) is 6.61 Å². The number of rotatable bonds is 5. The Hall–Kier alpha value is -2.46. The summed E-state index contributed by atoms with van der Waals surface area (Å²) in [5.41, 5.74) is 3.19. The van der Waals surface area contributed by atoms with Crippen molar-refractivity contribution in [2.24, 2.45) is 0 Å². The van der Waals surface area contributed by atoms with Crippen molar-refractivity contribution in [1.82, 2.24) is 10.3 Å². The predicted molar refractivity (Wildman–Crippen MR) is 91.6 cm³/mol. The number of hydrogen-bond donors (Lipinski definition) is 2. The number of carbonyl (C=O) groups is 1. The molecule has 0 spiro atoms. The summed E-state index contributed by atoms with van der Waals surface area (Å²) in [6, 6.07) is 15.3. The summed E-state index contributed by atoms with van der Waals surface area (Å²) in [7, 11) is 0. The third-order valence-electron chi connectivity index (χ3n) is 3.62. The van der Waals surface area contributed by atoms with Crippen molar-refractivity contribution < 1.29 is 9.53 Å². The molecule has 0 radical (unpaired) electrons. The third kappa shape index (κ3) is 4.05. The van der Waals surface area contributed by atoms with Gasteiger partial charge < -0.3 is 15.0 Å². The van der Waals surface area contributed by atoms with Gasteiger partial charge in [0.25, 0.3) is 0 Å². The van der Waals surface area contributed by atoms with Crippen LogP contribution in [0, 0.1) is 0 Å². The normalized spacial score (nSPS) is 10.7. The van der Waals surface area contributed by atoms with E-state index in [1.165, 1.54) is 10.9 Å². The van der Waals surface area contributed by atoms with Crippen molar-refractivity contribution in [3.63, 3.8) is 0 Å². The topological polar surface area (TPSA) is 54.1 Å². The van der Waals surface area contributed by atoms with Crippen molar-refractivity contribution in [3.05, 3.63) is 70.9 Å². The highest BCUT2D eigenvalue weighted by Crippen LogP contribution is 2.17. The summed E-state index contributed by atoms with van der Waals surface area (Å²) in [6.07, 6.45) is 2.31. The van der Waals surface area contributed by atoms with Crippen molar-refractivity contribution in [3.8, 4) is 0 Å². The summed E-state index contributed by atoms with van der Waals surface area (Å²) in [6.45, 7) is 0.761. The molecule has 1 amide bonds. The van der Waals surface area contributed by atoms with Crippen LogP contribution in [0.2, 0.25) is 5.02 Å². The highest BCUT2D eigenvalue weighted by atomic mass is 35.5. The molecule has 4 nitrogen and oxygen atoms in total. The minimum absolute atomic E-state index is 0.232. The first-order valence-electron chi connectivity index (χ1n) is 7.42. The second kappa shape index (κ2) is 7.20. The molecular weight excluding hydrogens is 312 g/mol. The zero-order valence-electron chi connectivity index (χ0n) is 12.5. The van der Waals surface area contributed by atoms with E-state index in [-0.39, 0.29) is 6.61 Å². The molecule has 3 aromatic rings. The van der Waals surface area contributed by atoms with Gasteiger partial charge in [0, 0.05) is 28.7 Å². The lowest BCUT2D eigenvalue weighted by atomic mass is 10.1. The molecule has 0 aliphatic heterocycles. The molecule has 3 rings (SSSR count). The van der Waals surface area contributed by atoms with Crippen molar-refractivity contribution in [1.29, 1.82) is 0 Å². The molecular formula is C18H17ClN2O2. The molecule has 118 valence electrons. The molecule has 0 atom stereocenters. The van der Waals surface area contributed by atoms with Crippen LogP contribution in [0.25, 0.3) is 10.9 Å². The Kier molecular flexibility index (Phi) is 4.83. The highest BCUT2D eigenvalue weighted by Gasteiger charge is 2.05. The standard InChI is InChI=1S/C18H17ClN2O2/c19-15-7-5-13(6-8-15)12-23-18(22)20-10-9-14-11-21-17-4-2-1-3-16(14)17/h1-8,11,21H,9-10,12H2,(H,20,22). The molecule has 23 heavy (non-hydrogen) atoms. The number of fused-ring (bicyclic) bond motifs is 1. The van der Waals surface area contributed by atoms with Gasteiger partial charge in [-0.1, -0.05) is 41.9 Å². The lowest BCUT2D eigenvalue weighted by Gasteiger charge is -2.07. The number of hydrogen-bond acceptors (Lipinski definition) is 2. The van der Waals surface area contributed by atoms with Gasteiger partial charge in [-0.2, -0.15) is 0 Å². The number of aromatic amines is 1. The zero-order chi connectivity index (χ0) is 16.1. The second-order valence-corrected chi connectivity index (χ2v) is 5.68. The van der Waals surface area contributed by atoms with E-state index in [0.29, 0.717) is 11.6 Å². The number of nitrogens with one attached hydrogen (secondary N) is 2. The zero-order valence-corrected chi connectivity index (χ0v) is 13.3. The fraction of sp³-hybridized carbons (Fsp3) is 0.167. The maximum atomic E-state index is 11.7. The molecule has 0 unspecified atom stereocenters. The summed E-state index contributed by atoms with van der Waals surface area (Å²) >= 11 is 5.81. The smallest absolute Gasteiger partial charge is 0.407 e. The molecule has 2 aromatic carbocycles.